The van der Waals surface area contributed by atoms with Gasteiger partial charge >= 0.3 is 0 Å². The van der Waals surface area contributed by atoms with Crippen LogP contribution < -0.4 is 4.90 Å². The summed E-state index contributed by atoms with van der Waals surface area (Å²) in [5.74, 6) is -0.155. The van der Waals surface area contributed by atoms with Crippen molar-refractivity contribution in [1.29, 1.82) is 0 Å². The van der Waals surface area contributed by atoms with E-state index in [-0.39, 0.29) is 5.91 Å². The third-order valence-corrected chi connectivity index (χ3v) is 4.44. The summed E-state index contributed by atoms with van der Waals surface area (Å²) in [6, 6.07) is 13.5. The van der Waals surface area contributed by atoms with E-state index in [0.717, 1.165) is 22.4 Å². The van der Waals surface area contributed by atoms with Crippen molar-refractivity contribution in [3.8, 4) is 0 Å². The van der Waals surface area contributed by atoms with Crippen LogP contribution in [0, 0.1) is 13.8 Å². The van der Waals surface area contributed by atoms with Gasteiger partial charge in [-0.25, -0.2) is 0 Å². The molecule has 1 atom stereocenters. The molecule has 0 fully saturated rings. The number of amides is 1. The van der Waals surface area contributed by atoms with Crippen LogP contribution in [0.2, 0.25) is 0 Å². The van der Waals surface area contributed by atoms with Gasteiger partial charge in [-0.15, -0.1) is 0 Å². The van der Waals surface area contributed by atoms with Gasteiger partial charge in [0.2, 0.25) is 0 Å². The van der Waals surface area contributed by atoms with Crippen molar-refractivity contribution in [3.05, 3.63) is 64.7 Å². The molecule has 1 N–H and O–H groups in total. The summed E-state index contributed by atoms with van der Waals surface area (Å²) in [7, 11) is 0. The summed E-state index contributed by atoms with van der Waals surface area (Å²) in [4.78, 5) is 14.5. The van der Waals surface area contributed by atoms with Crippen LogP contribution in [0.5, 0.6) is 0 Å². The number of fused-ring (bicyclic) bond motifs is 1. The average molecular weight is 295 g/mol. The van der Waals surface area contributed by atoms with E-state index in [0.29, 0.717) is 5.56 Å². The minimum Gasteiger partial charge on any atom is -0.372 e. The molecule has 0 spiro atoms. The lowest BCUT2D eigenvalue weighted by Gasteiger charge is -2.28. The SMILES string of the molecule is Cc1cc(C)cc(C(=O)N2c3ccccc3C(C)(C)[C@H]2O)c1. The van der Waals surface area contributed by atoms with Crippen LogP contribution in [0.1, 0.15) is 40.9 Å². The van der Waals surface area contributed by atoms with Crippen LogP contribution >= 0.6 is 0 Å². The van der Waals surface area contributed by atoms with Crippen molar-refractivity contribution in [1.82, 2.24) is 0 Å². The lowest BCUT2D eigenvalue weighted by molar-refractivity contribution is 0.0780. The summed E-state index contributed by atoms with van der Waals surface area (Å²) in [6.45, 7) is 7.88. The highest BCUT2D eigenvalue weighted by Crippen LogP contribution is 2.44. The van der Waals surface area contributed by atoms with E-state index in [1.165, 1.54) is 4.90 Å². The predicted octanol–water partition coefficient (Wildman–Crippen LogP) is 3.56. The maximum Gasteiger partial charge on any atom is 0.260 e. The number of hydrogen-bond donors (Lipinski definition) is 1. The van der Waals surface area contributed by atoms with Crippen molar-refractivity contribution >= 4 is 11.6 Å². The number of aryl methyl sites for hydroxylation is 2. The van der Waals surface area contributed by atoms with Gasteiger partial charge in [-0.2, -0.15) is 0 Å². The van der Waals surface area contributed by atoms with Crippen LogP contribution in [0.15, 0.2) is 42.5 Å². The van der Waals surface area contributed by atoms with Crippen LogP contribution in [-0.4, -0.2) is 17.2 Å². The minimum atomic E-state index is -0.863. The zero-order valence-electron chi connectivity index (χ0n) is 13.4. The van der Waals surface area contributed by atoms with Crippen LogP contribution in [0.25, 0.3) is 0 Å². The van der Waals surface area contributed by atoms with Gasteiger partial charge in [0.25, 0.3) is 5.91 Å². The summed E-state index contributed by atoms with van der Waals surface area (Å²) >= 11 is 0. The van der Waals surface area contributed by atoms with E-state index >= 15 is 0 Å². The quantitative estimate of drug-likeness (QED) is 0.874. The monoisotopic (exact) mass is 295 g/mol. The van der Waals surface area contributed by atoms with E-state index in [9.17, 15) is 9.90 Å². The highest BCUT2D eigenvalue weighted by Gasteiger charge is 2.46. The molecule has 0 aromatic heterocycles. The fourth-order valence-electron chi connectivity index (χ4n) is 3.28. The average Bonchev–Trinajstić information content (AvgIpc) is 2.65. The van der Waals surface area contributed by atoms with Crippen molar-refractivity contribution in [2.75, 3.05) is 4.90 Å². The molecule has 1 aliphatic heterocycles. The zero-order valence-corrected chi connectivity index (χ0v) is 13.4. The second-order valence-electron chi connectivity index (χ2n) is 6.66. The fourth-order valence-corrected chi connectivity index (χ4v) is 3.28. The summed E-state index contributed by atoms with van der Waals surface area (Å²) in [5, 5.41) is 10.7. The molecule has 1 amide bonds. The van der Waals surface area contributed by atoms with Gasteiger partial charge in [0, 0.05) is 11.0 Å². The first-order valence-electron chi connectivity index (χ1n) is 7.52. The largest absolute Gasteiger partial charge is 0.372 e. The Morgan fingerprint density at radius 1 is 1.09 bits per heavy atom. The second-order valence-corrected chi connectivity index (χ2v) is 6.66. The Hall–Kier alpha value is -2.13. The number of benzene rings is 2. The molecule has 1 heterocycles. The maximum absolute atomic E-state index is 13.0. The predicted molar refractivity (Wildman–Crippen MR) is 88.2 cm³/mol. The Balaban J connectivity index is 2.10. The Morgan fingerprint density at radius 2 is 1.68 bits per heavy atom. The normalized spacial score (nSPS) is 19.1. The van der Waals surface area contributed by atoms with Crippen LogP contribution in [0.4, 0.5) is 5.69 Å². The molecule has 3 rings (SSSR count). The van der Waals surface area contributed by atoms with Crippen molar-refractivity contribution in [2.24, 2.45) is 0 Å². The molecule has 3 heteroatoms. The molecule has 0 saturated heterocycles. The van der Waals surface area contributed by atoms with Crippen LogP contribution in [0.3, 0.4) is 0 Å². The van der Waals surface area contributed by atoms with Gasteiger partial charge in [-0.3, -0.25) is 9.69 Å². The second kappa shape index (κ2) is 4.96. The number of aliphatic hydroxyl groups is 1. The maximum atomic E-state index is 13.0. The number of carbonyl (C=O) groups is 1. The Kier molecular flexibility index (Phi) is 3.33. The summed E-state index contributed by atoms with van der Waals surface area (Å²) in [6.07, 6.45) is -0.863. The Labute approximate surface area is 131 Å². The first kappa shape index (κ1) is 14.8. The van der Waals surface area contributed by atoms with E-state index in [4.69, 9.17) is 0 Å². The van der Waals surface area contributed by atoms with Crippen molar-refractivity contribution < 1.29 is 9.90 Å². The minimum absolute atomic E-state index is 0.155. The number of hydrogen-bond acceptors (Lipinski definition) is 2. The molecule has 0 radical (unpaired) electrons. The Morgan fingerprint density at radius 3 is 2.32 bits per heavy atom. The highest BCUT2D eigenvalue weighted by atomic mass is 16.3. The molecule has 114 valence electrons. The van der Waals surface area contributed by atoms with E-state index in [2.05, 4.69) is 0 Å². The van der Waals surface area contributed by atoms with Gasteiger partial charge in [0.05, 0.1) is 5.69 Å². The van der Waals surface area contributed by atoms with E-state index < -0.39 is 11.6 Å². The number of para-hydroxylation sites is 1. The van der Waals surface area contributed by atoms with E-state index in [1.54, 1.807) is 0 Å². The van der Waals surface area contributed by atoms with Gasteiger partial charge < -0.3 is 5.11 Å². The van der Waals surface area contributed by atoms with Crippen LogP contribution in [-0.2, 0) is 5.41 Å². The standard InChI is InChI=1S/C19H21NO2/c1-12-9-13(2)11-14(10-12)17(21)20-16-8-6-5-7-15(16)19(3,4)18(20)22/h5-11,18,22H,1-4H3/t18-/m1/s1. The number of rotatable bonds is 1. The topological polar surface area (TPSA) is 40.5 Å². The van der Waals surface area contributed by atoms with Crippen molar-refractivity contribution in [3.63, 3.8) is 0 Å². The van der Waals surface area contributed by atoms with Crippen molar-refractivity contribution in [2.45, 2.75) is 39.3 Å². The number of nitrogens with zero attached hydrogens (tertiary/aromatic N) is 1. The molecule has 0 saturated carbocycles. The number of aliphatic hydroxyl groups excluding tert-OH is 1. The smallest absolute Gasteiger partial charge is 0.260 e. The highest BCUT2D eigenvalue weighted by molar-refractivity contribution is 6.08. The molecule has 2 aromatic carbocycles. The molecule has 0 bridgehead atoms. The molecular formula is C19H21NO2. The third kappa shape index (κ3) is 2.13. The molecule has 0 unspecified atom stereocenters. The van der Waals surface area contributed by atoms with Gasteiger partial charge in [-0.05, 0) is 37.6 Å². The lowest BCUT2D eigenvalue weighted by Crippen LogP contribution is -2.44. The zero-order chi connectivity index (χ0) is 16.1. The first-order valence-corrected chi connectivity index (χ1v) is 7.52. The number of anilines is 1. The number of carbonyl (C=O) groups excluding carboxylic acids is 1. The first-order chi connectivity index (χ1) is 10.3. The lowest BCUT2D eigenvalue weighted by atomic mass is 9.85. The molecular weight excluding hydrogens is 274 g/mol. The van der Waals surface area contributed by atoms with Gasteiger partial charge in [0.1, 0.15) is 6.23 Å². The molecule has 22 heavy (non-hydrogen) atoms. The van der Waals surface area contributed by atoms with E-state index in [1.807, 2.05) is 70.2 Å². The summed E-state index contributed by atoms with van der Waals surface area (Å²) in [5.41, 5.74) is 4.02. The summed E-state index contributed by atoms with van der Waals surface area (Å²) < 4.78 is 0. The van der Waals surface area contributed by atoms with Gasteiger partial charge in [0.15, 0.2) is 0 Å². The molecule has 2 aromatic rings. The van der Waals surface area contributed by atoms with Gasteiger partial charge in [-0.1, -0.05) is 49.2 Å². The Bertz CT molecular complexity index is 729. The molecule has 3 nitrogen and oxygen atoms in total. The third-order valence-electron chi connectivity index (χ3n) is 4.44. The molecule has 1 aliphatic rings. The fraction of sp³-hybridized carbons (Fsp3) is 0.316. The molecule has 0 aliphatic carbocycles.